The Morgan fingerprint density at radius 2 is 1.73 bits per heavy atom. The molecule has 2 aliphatic heterocycles. The molecular formula is C15H26N4O3. The second-order valence-electron chi connectivity index (χ2n) is 6.62. The van der Waals surface area contributed by atoms with E-state index in [2.05, 4.69) is 0 Å². The molecule has 22 heavy (non-hydrogen) atoms. The summed E-state index contributed by atoms with van der Waals surface area (Å²) in [5.41, 5.74) is -0.346. The lowest BCUT2D eigenvalue weighted by Crippen LogP contribution is -2.47. The fourth-order valence-corrected chi connectivity index (χ4v) is 3.46. The first-order valence-corrected chi connectivity index (χ1v) is 7.77. The van der Waals surface area contributed by atoms with Crippen molar-refractivity contribution in [1.82, 2.24) is 19.6 Å². The average Bonchev–Trinajstić information content (AvgIpc) is 2.64. The largest absolute Gasteiger partial charge is 0.342 e. The number of amides is 4. The van der Waals surface area contributed by atoms with Crippen molar-refractivity contribution < 1.29 is 14.4 Å². The summed E-state index contributed by atoms with van der Waals surface area (Å²) < 4.78 is 0. The number of urea groups is 1. The van der Waals surface area contributed by atoms with E-state index >= 15 is 0 Å². The molecule has 2 fully saturated rings. The van der Waals surface area contributed by atoms with Crippen LogP contribution in [0.3, 0.4) is 0 Å². The van der Waals surface area contributed by atoms with Gasteiger partial charge in [0.1, 0.15) is 0 Å². The average molecular weight is 310 g/mol. The van der Waals surface area contributed by atoms with Crippen LogP contribution in [0.4, 0.5) is 4.79 Å². The summed E-state index contributed by atoms with van der Waals surface area (Å²) in [6, 6.07) is -0.0628. The maximum absolute atomic E-state index is 12.3. The van der Waals surface area contributed by atoms with E-state index in [9.17, 15) is 14.4 Å². The van der Waals surface area contributed by atoms with Crippen LogP contribution in [0.1, 0.15) is 20.3 Å². The van der Waals surface area contributed by atoms with Gasteiger partial charge in [0, 0.05) is 72.1 Å². The highest BCUT2D eigenvalue weighted by atomic mass is 16.2. The van der Waals surface area contributed by atoms with Crippen molar-refractivity contribution in [1.29, 1.82) is 0 Å². The molecule has 0 aromatic rings. The maximum atomic E-state index is 12.3. The highest BCUT2D eigenvalue weighted by molar-refractivity contribution is 5.81. The van der Waals surface area contributed by atoms with Gasteiger partial charge in [0.2, 0.25) is 11.8 Å². The maximum Gasteiger partial charge on any atom is 0.319 e. The van der Waals surface area contributed by atoms with Gasteiger partial charge in [-0.05, 0) is 6.92 Å². The van der Waals surface area contributed by atoms with Gasteiger partial charge < -0.3 is 19.6 Å². The molecule has 1 atom stereocenters. The molecule has 2 rings (SSSR count). The van der Waals surface area contributed by atoms with Gasteiger partial charge in [-0.25, -0.2) is 4.79 Å². The first-order valence-electron chi connectivity index (χ1n) is 7.77. The van der Waals surface area contributed by atoms with Gasteiger partial charge >= 0.3 is 6.03 Å². The van der Waals surface area contributed by atoms with E-state index < -0.39 is 0 Å². The highest BCUT2D eigenvalue weighted by Crippen LogP contribution is 2.35. The Morgan fingerprint density at radius 1 is 1.14 bits per heavy atom. The van der Waals surface area contributed by atoms with Crippen LogP contribution < -0.4 is 0 Å². The first-order chi connectivity index (χ1) is 10.3. The molecule has 124 valence electrons. The van der Waals surface area contributed by atoms with Crippen molar-refractivity contribution in [3.63, 3.8) is 0 Å². The molecule has 2 heterocycles. The number of hydrogen-bond donors (Lipinski definition) is 0. The van der Waals surface area contributed by atoms with Crippen LogP contribution in [0.2, 0.25) is 0 Å². The van der Waals surface area contributed by atoms with Gasteiger partial charge in [-0.2, -0.15) is 0 Å². The van der Waals surface area contributed by atoms with Crippen LogP contribution in [-0.4, -0.2) is 90.8 Å². The SMILES string of the molecule is CCN1C[C@@]2(CC1=O)CN(C(C)=O)CCN(C(=O)N(C)C)C2. The molecule has 0 N–H and O–H groups in total. The van der Waals surface area contributed by atoms with Gasteiger partial charge in [-0.3, -0.25) is 9.59 Å². The molecule has 7 heteroatoms. The summed E-state index contributed by atoms with van der Waals surface area (Å²) in [6.45, 7) is 6.89. The van der Waals surface area contributed by atoms with Gasteiger partial charge in [0.05, 0.1) is 0 Å². The molecule has 0 aromatic carbocycles. The molecule has 2 aliphatic rings. The summed E-state index contributed by atoms with van der Waals surface area (Å²) in [7, 11) is 3.45. The van der Waals surface area contributed by atoms with Gasteiger partial charge in [-0.1, -0.05) is 0 Å². The van der Waals surface area contributed by atoms with Crippen LogP contribution >= 0.6 is 0 Å². The number of hydrogen-bond acceptors (Lipinski definition) is 3. The van der Waals surface area contributed by atoms with Crippen LogP contribution in [0.5, 0.6) is 0 Å². The Bertz CT molecular complexity index is 479. The number of likely N-dealkylation sites (tertiary alicyclic amines) is 1. The van der Waals surface area contributed by atoms with E-state index in [1.807, 2.05) is 11.8 Å². The topological polar surface area (TPSA) is 64.2 Å². The fourth-order valence-electron chi connectivity index (χ4n) is 3.46. The molecular weight excluding hydrogens is 284 g/mol. The first kappa shape index (κ1) is 16.6. The van der Waals surface area contributed by atoms with Gasteiger partial charge in [0.25, 0.3) is 0 Å². The zero-order valence-electron chi connectivity index (χ0n) is 14.0. The Labute approximate surface area is 131 Å². The number of rotatable bonds is 1. The monoisotopic (exact) mass is 310 g/mol. The predicted molar refractivity (Wildman–Crippen MR) is 82.2 cm³/mol. The summed E-state index contributed by atoms with van der Waals surface area (Å²) in [5.74, 6) is 0.117. The number of carbonyl (C=O) groups is 3. The summed E-state index contributed by atoms with van der Waals surface area (Å²) in [4.78, 5) is 43.3. The second kappa shape index (κ2) is 6.14. The van der Waals surface area contributed by atoms with E-state index in [4.69, 9.17) is 0 Å². The minimum absolute atomic E-state index is 0.000856. The number of carbonyl (C=O) groups excluding carboxylic acids is 3. The smallest absolute Gasteiger partial charge is 0.319 e. The van der Waals surface area contributed by atoms with Crippen molar-refractivity contribution in [3.05, 3.63) is 0 Å². The van der Waals surface area contributed by atoms with E-state index in [1.165, 1.54) is 0 Å². The Balaban J connectivity index is 2.27. The van der Waals surface area contributed by atoms with Crippen LogP contribution in [0.25, 0.3) is 0 Å². The highest BCUT2D eigenvalue weighted by Gasteiger charge is 2.47. The van der Waals surface area contributed by atoms with Crippen molar-refractivity contribution in [2.45, 2.75) is 20.3 Å². The molecule has 1 spiro atoms. The van der Waals surface area contributed by atoms with Crippen molar-refractivity contribution in [3.8, 4) is 0 Å². The molecule has 7 nitrogen and oxygen atoms in total. The molecule has 0 aromatic heterocycles. The summed E-state index contributed by atoms with van der Waals surface area (Å²) >= 11 is 0. The lowest BCUT2D eigenvalue weighted by atomic mass is 9.86. The van der Waals surface area contributed by atoms with Gasteiger partial charge in [0.15, 0.2) is 0 Å². The standard InChI is InChI=1S/C15H26N4O3/c1-5-17-9-15(8-13(17)21)10-18(12(2)20)6-7-19(11-15)14(22)16(3)4/h5-11H2,1-4H3/t15-/m0/s1. The van der Waals surface area contributed by atoms with Crippen LogP contribution in [0, 0.1) is 5.41 Å². The van der Waals surface area contributed by atoms with E-state index in [1.54, 1.807) is 35.7 Å². The molecule has 0 saturated carbocycles. The van der Waals surface area contributed by atoms with E-state index in [0.29, 0.717) is 45.7 Å². The fraction of sp³-hybridized carbons (Fsp3) is 0.800. The zero-order chi connectivity index (χ0) is 16.5. The molecule has 2 saturated heterocycles. The number of nitrogens with zero attached hydrogens (tertiary/aromatic N) is 4. The van der Waals surface area contributed by atoms with E-state index in [0.717, 1.165) is 0 Å². The molecule has 0 unspecified atom stereocenters. The minimum Gasteiger partial charge on any atom is -0.342 e. The third-order valence-electron chi connectivity index (χ3n) is 4.58. The molecule has 0 bridgehead atoms. The summed E-state index contributed by atoms with van der Waals surface area (Å²) in [6.07, 6.45) is 0.405. The lowest BCUT2D eigenvalue weighted by Gasteiger charge is -2.34. The molecule has 4 amide bonds. The Hall–Kier alpha value is -1.79. The Kier molecular flexibility index (Phi) is 4.63. The van der Waals surface area contributed by atoms with Crippen LogP contribution in [-0.2, 0) is 9.59 Å². The van der Waals surface area contributed by atoms with Crippen molar-refractivity contribution >= 4 is 17.8 Å². The third-order valence-corrected chi connectivity index (χ3v) is 4.58. The van der Waals surface area contributed by atoms with Gasteiger partial charge in [-0.15, -0.1) is 0 Å². The summed E-state index contributed by atoms with van der Waals surface area (Å²) in [5, 5.41) is 0. The molecule has 0 radical (unpaired) electrons. The second-order valence-corrected chi connectivity index (χ2v) is 6.62. The van der Waals surface area contributed by atoms with E-state index in [-0.39, 0.29) is 23.3 Å². The van der Waals surface area contributed by atoms with Crippen molar-refractivity contribution in [2.75, 3.05) is 53.4 Å². The normalized spacial score (nSPS) is 25.6. The lowest BCUT2D eigenvalue weighted by molar-refractivity contribution is -0.130. The molecule has 0 aliphatic carbocycles. The van der Waals surface area contributed by atoms with Crippen molar-refractivity contribution in [2.24, 2.45) is 5.41 Å². The quantitative estimate of drug-likeness (QED) is 0.688. The van der Waals surface area contributed by atoms with Crippen LogP contribution in [0.15, 0.2) is 0 Å². The third kappa shape index (κ3) is 3.18. The Morgan fingerprint density at radius 3 is 2.23 bits per heavy atom. The zero-order valence-corrected chi connectivity index (χ0v) is 14.0. The minimum atomic E-state index is -0.346. The predicted octanol–water partition coefficient (Wildman–Crippen LogP) is 0.0707.